The number of carbonyl (C=O) groups is 1. The number of aromatic nitrogens is 5. The number of aromatic amines is 1. The van der Waals surface area contributed by atoms with Gasteiger partial charge in [-0.2, -0.15) is 4.68 Å². The van der Waals surface area contributed by atoms with Gasteiger partial charge in [-0.3, -0.25) is 4.79 Å². The number of nitrogens with one attached hydrogen (secondary N) is 1. The maximum atomic E-state index is 13.4. The minimum absolute atomic E-state index is 0.0279. The van der Waals surface area contributed by atoms with Crippen LogP contribution in [0, 0.1) is 6.92 Å². The molecule has 0 spiro atoms. The molecule has 2 heterocycles. The van der Waals surface area contributed by atoms with Crippen molar-refractivity contribution in [1.82, 2.24) is 25.2 Å². The first-order valence-electron chi connectivity index (χ1n) is 9.88. The van der Waals surface area contributed by atoms with Gasteiger partial charge in [0.05, 0.1) is 22.7 Å². The molecule has 0 aliphatic heterocycles. The third-order valence-electron chi connectivity index (χ3n) is 5.07. The maximum Gasteiger partial charge on any atom is 0.214 e. The van der Waals surface area contributed by atoms with E-state index in [2.05, 4.69) is 20.5 Å². The number of rotatable bonds is 6. The van der Waals surface area contributed by atoms with Crippen molar-refractivity contribution in [2.45, 2.75) is 12.1 Å². The summed E-state index contributed by atoms with van der Waals surface area (Å²) in [4.78, 5) is 16.8. The monoisotopic (exact) mass is 425 g/mol. The zero-order valence-corrected chi connectivity index (χ0v) is 17.6. The van der Waals surface area contributed by atoms with Gasteiger partial charge in [0.2, 0.25) is 5.16 Å². The van der Waals surface area contributed by atoms with Crippen molar-refractivity contribution < 1.29 is 4.79 Å². The number of tetrazole rings is 1. The van der Waals surface area contributed by atoms with Crippen LogP contribution in [-0.4, -0.2) is 36.7 Å². The fourth-order valence-corrected chi connectivity index (χ4v) is 4.41. The van der Waals surface area contributed by atoms with Crippen molar-refractivity contribution in [3.8, 4) is 16.9 Å². The van der Waals surface area contributed by atoms with Crippen molar-refractivity contribution in [3.05, 3.63) is 90.0 Å². The van der Waals surface area contributed by atoms with E-state index in [-0.39, 0.29) is 11.5 Å². The number of hydrogen-bond acceptors (Lipinski definition) is 5. The number of ketones is 1. The van der Waals surface area contributed by atoms with Crippen LogP contribution in [0.1, 0.15) is 15.9 Å². The van der Waals surface area contributed by atoms with E-state index >= 15 is 0 Å². The van der Waals surface area contributed by atoms with Crippen LogP contribution in [0.15, 0.2) is 84.0 Å². The molecule has 0 fully saturated rings. The Balaban J connectivity index is 1.47. The standard InChI is InChI=1S/C24H19N5OS/c1-16-8-7-11-18(14-16)29-24(26-27-28-29)31-15-21(30)22-19-12-5-6-13-20(19)25-23(22)17-9-3-2-4-10-17/h2-14,25H,15H2,1H3. The first kappa shape index (κ1) is 19.3. The lowest BCUT2D eigenvalue weighted by Crippen LogP contribution is -2.06. The smallest absolute Gasteiger partial charge is 0.214 e. The first-order chi connectivity index (χ1) is 15.2. The van der Waals surface area contributed by atoms with E-state index in [0.717, 1.165) is 33.4 Å². The van der Waals surface area contributed by atoms with E-state index in [4.69, 9.17) is 0 Å². The van der Waals surface area contributed by atoms with Gasteiger partial charge >= 0.3 is 0 Å². The van der Waals surface area contributed by atoms with E-state index < -0.39 is 0 Å². The Bertz CT molecular complexity index is 1370. The average Bonchev–Trinajstić information content (AvgIpc) is 3.43. The van der Waals surface area contributed by atoms with Crippen LogP contribution < -0.4 is 0 Å². The average molecular weight is 426 g/mol. The highest BCUT2D eigenvalue weighted by Crippen LogP contribution is 2.32. The summed E-state index contributed by atoms with van der Waals surface area (Å²) in [5, 5.41) is 13.5. The molecule has 1 N–H and O–H groups in total. The highest BCUT2D eigenvalue weighted by Gasteiger charge is 2.21. The molecule has 6 nitrogen and oxygen atoms in total. The quantitative estimate of drug-likeness (QED) is 0.303. The molecule has 31 heavy (non-hydrogen) atoms. The number of thioether (sulfide) groups is 1. The van der Waals surface area contributed by atoms with Gasteiger partial charge in [0.25, 0.3) is 0 Å². The lowest BCUT2D eigenvalue weighted by atomic mass is 10.0. The summed E-state index contributed by atoms with van der Waals surface area (Å²) < 4.78 is 1.66. The highest BCUT2D eigenvalue weighted by molar-refractivity contribution is 7.99. The van der Waals surface area contributed by atoms with Crippen LogP contribution in [0.25, 0.3) is 27.8 Å². The molecule has 0 amide bonds. The first-order valence-corrected chi connectivity index (χ1v) is 10.9. The molecule has 0 bridgehead atoms. The van der Waals surface area contributed by atoms with E-state index in [1.165, 1.54) is 11.8 Å². The lowest BCUT2D eigenvalue weighted by Gasteiger charge is -2.06. The summed E-state index contributed by atoms with van der Waals surface area (Å²) in [5.41, 5.74) is 5.45. The third kappa shape index (κ3) is 3.75. The second-order valence-corrected chi connectivity index (χ2v) is 8.15. The van der Waals surface area contributed by atoms with Crippen LogP contribution in [-0.2, 0) is 0 Å². The Morgan fingerprint density at radius 3 is 2.65 bits per heavy atom. The maximum absolute atomic E-state index is 13.4. The Morgan fingerprint density at radius 1 is 1.00 bits per heavy atom. The topological polar surface area (TPSA) is 76.5 Å². The Hall–Kier alpha value is -3.71. The van der Waals surface area contributed by atoms with Gasteiger partial charge < -0.3 is 4.98 Å². The van der Waals surface area contributed by atoms with Crippen molar-refractivity contribution in [1.29, 1.82) is 0 Å². The van der Waals surface area contributed by atoms with Crippen LogP contribution >= 0.6 is 11.8 Å². The van der Waals surface area contributed by atoms with Crippen molar-refractivity contribution >= 4 is 28.4 Å². The summed E-state index contributed by atoms with van der Waals surface area (Å²) in [5.74, 6) is 0.258. The molecule has 0 unspecified atom stereocenters. The van der Waals surface area contributed by atoms with Crippen LogP contribution in [0.2, 0.25) is 0 Å². The molecule has 7 heteroatoms. The number of Topliss-reactive ketones (excluding diaryl/α,β-unsaturated/α-hetero) is 1. The summed E-state index contributed by atoms with van der Waals surface area (Å²) in [7, 11) is 0. The van der Waals surface area contributed by atoms with Crippen LogP contribution in [0.5, 0.6) is 0 Å². The molecule has 2 aromatic heterocycles. The van der Waals surface area contributed by atoms with Gasteiger partial charge in [0.15, 0.2) is 5.78 Å². The number of para-hydroxylation sites is 1. The number of hydrogen-bond donors (Lipinski definition) is 1. The van der Waals surface area contributed by atoms with E-state index in [1.54, 1.807) is 4.68 Å². The molecule has 5 rings (SSSR count). The second kappa shape index (κ2) is 8.20. The van der Waals surface area contributed by atoms with Crippen LogP contribution in [0.4, 0.5) is 0 Å². The van der Waals surface area contributed by atoms with Crippen molar-refractivity contribution in [2.75, 3.05) is 5.75 Å². The molecule has 0 saturated heterocycles. The van der Waals surface area contributed by atoms with Gasteiger partial charge in [-0.05, 0) is 46.7 Å². The van der Waals surface area contributed by atoms with E-state index in [0.29, 0.717) is 10.7 Å². The molecule has 0 aliphatic rings. The molecule has 0 aliphatic carbocycles. The summed E-state index contributed by atoms with van der Waals surface area (Å²) in [6.07, 6.45) is 0. The normalized spacial score (nSPS) is 11.1. The fraction of sp³-hybridized carbons (Fsp3) is 0.0833. The molecule has 0 saturated carbocycles. The van der Waals surface area contributed by atoms with Gasteiger partial charge in [-0.15, -0.1) is 5.10 Å². The van der Waals surface area contributed by atoms with Crippen molar-refractivity contribution in [2.24, 2.45) is 0 Å². The third-order valence-corrected chi connectivity index (χ3v) is 5.99. The largest absolute Gasteiger partial charge is 0.354 e. The Labute approximate surface area is 183 Å². The molecule has 152 valence electrons. The second-order valence-electron chi connectivity index (χ2n) is 7.21. The molecular formula is C24H19N5OS. The van der Waals surface area contributed by atoms with Gasteiger partial charge in [0, 0.05) is 10.9 Å². The molecule has 0 radical (unpaired) electrons. The van der Waals surface area contributed by atoms with Crippen LogP contribution in [0.3, 0.4) is 0 Å². The molecule has 3 aromatic carbocycles. The summed E-state index contributed by atoms with van der Waals surface area (Å²) in [6, 6.07) is 25.7. The van der Waals surface area contributed by atoms with Gasteiger partial charge in [-0.1, -0.05) is 72.4 Å². The highest BCUT2D eigenvalue weighted by atomic mass is 32.2. The molecule has 0 atom stereocenters. The number of fused-ring (bicyclic) bond motifs is 1. The van der Waals surface area contributed by atoms with E-state index in [1.807, 2.05) is 85.8 Å². The van der Waals surface area contributed by atoms with Crippen molar-refractivity contribution in [3.63, 3.8) is 0 Å². The zero-order chi connectivity index (χ0) is 21.2. The Kier molecular flexibility index (Phi) is 5.09. The molecular weight excluding hydrogens is 406 g/mol. The number of aryl methyl sites for hydroxylation is 1. The SMILES string of the molecule is Cc1cccc(-n2nnnc2SCC(=O)c2c(-c3ccccc3)[nH]c3ccccc23)c1. The lowest BCUT2D eigenvalue weighted by molar-refractivity contribution is 0.102. The van der Waals surface area contributed by atoms with Gasteiger partial charge in [-0.25, -0.2) is 0 Å². The number of nitrogens with zero attached hydrogens (tertiary/aromatic N) is 4. The Morgan fingerprint density at radius 2 is 1.81 bits per heavy atom. The number of H-pyrrole nitrogens is 1. The summed E-state index contributed by atoms with van der Waals surface area (Å²) in [6.45, 7) is 2.02. The van der Waals surface area contributed by atoms with E-state index in [9.17, 15) is 4.79 Å². The minimum atomic E-state index is 0.0279. The minimum Gasteiger partial charge on any atom is -0.354 e. The predicted molar refractivity (Wildman–Crippen MR) is 123 cm³/mol. The zero-order valence-electron chi connectivity index (χ0n) is 16.8. The number of carbonyl (C=O) groups excluding carboxylic acids is 1. The summed E-state index contributed by atoms with van der Waals surface area (Å²) >= 11 is 1.34. The van der Waals surface area contributed by atoms with Gasteiger partial charge in [0.1, 0.15) is 0 Å². The predicted octanol–water partition coefficient (Wildman–Crippen LogP) is 5.09. The fourth-order valence-electron chi connectivity index (χ4n) is 3.65. The molecule has 5 aromatic rings. The number of benzene rings is 3.